The van der Waals surface area contributed by atoms with E-state index in [0.717, 1.165) is 11.1 Å². The molecule has 6 nitrogen and oxygen atoms in total. The lowest BCUT2D eigenvalue weighted by Crippen LogP contribution is -2.26. The van der Waals surface area contributed by atoms with Crippen molar-refractivity contribution in [2.24, 2.45) is 5.10 Å². The Morgan fingerprint density at radius 1 is 1.00 bits per heavy atom. The first-order chi connectivity index (χ1) is 12.6. The van der Waals surface area contributed by atoms with Gasteiger partial charge in [-0.3, -0.25) is 9.59 Å². The molecular formula is C20H22N2O4. The third-order valence-corrected chi connectivity index (χ3v) is 3.41. The first-order valence-corrected chi connectivity index (χ1v) is 8.34. The fourth-order valence-electron chi connectivity index (χ4n) is 2.17. The van der Waals surface area contributed by atoms with Crippen LogP contribution in [0, 0.1) is 0 Å². The van der Waals surface area contributed by atoms with E-state index >= 15 is 0 Å². The third-order valence-electron chi connectivity index (χ3n) is 3.41. The highest BCUT2D eigenvalue weighted by atomic mass is 16.5. The number of hydrazone groups is 1. The van der Waals surface area contributed by atoms with Crippen LogP contribution in [-0.4, -0.2) is 30.8 Å². The highest BCUT2D eigenvalue weighted by molar-refractivity contribution is 5.98. The molecule has 6 heteroatoms. The first-order valence-electron chi connectivity index (χ1n) is 8.34. The second kappa shape index (κ2) is 9.98. The van der Waals surface area contributed by atoms with Gasteiger partial charge >= 0.3 is 5.97 Å². The van der Waals surface area contributed by atoms with Crippen molar-refractivity contribution in [3.8, 4) is 16.9 Å². The van der Waals surface area contributed by atoms with E-state index in [4.69, 9.17) is 9.47 Å². The molecular weight excluding hydrogens is 332 g/mol. The average Bonchev–Trinajstić information content (AvgIpc) is 2.66. The van der Waals surface area contributed by atoms with Crippen molar-refractivity contribution < 1.29 is 19.1 Å². The second-order valence-electron chi connectivity index (χ2n) is 5.54. The van der Waals surface area contributed by atoms with Crippen molar-refractivity contribution in [3.63, 3.8) is 0 Å². The minimum absolute atomic E-state index is 0.0376. The van der Waals surface area contributed by atoms with Crippen LogP contribution in [0.1, 0.15) is 20.3 Å². The standard InChI is InChI=1S/C20H22N2O4/c1-3-25-20(24)13-15(2)21-22-19(23)14-26-18-11-9-17(10-12-18)16-7-5-4-6-8-16/h4-12H,3,13-14H2,1-2H3,(H,22,23). The fourth-order valence-corrected chi connectivity index (χ4v) is 2.17. The Hall–Kier alpha value is -3.15. The highest BCUT2D eigenvalue weighted by Gasteiger charge is 2.06. The number of hydrogen-bond donors (Lipinski definition) is 1. The van der Waals surface area contributed by atoms with Gasteiger partial charge in [0.15, 0.2) is 6.61 Å². The molecule has 0 fully saturated rings. The van der Waals surface area contributed by atoms with Gasteiger partial charge < -0.3 is 9.47 Å². The van der Waals surface area contributed by atoms with E-state index in [2.05, 4.69) is 10.5 Å². The Morgan fingerprint density at radius 3 is 2.31 bits per heavy atom. The molecule has 2 rings (SSSR count). The van der Waals surface area contributed by atoms with E-state index in [9.17, 15) is 9.59 Å². The molecule has 1 amide bonds. The molecule has 0 bridgehead atoms. The van der Waals surface area contributed by atoms with Gasteiger partial charge in [-0.25, -0.2) is 5.43 Å². The summed E-state index contributed by atoms with van der Waals surface area (Å²) < 4.78 is 10.2. The minimum Gasteiger partial charge on any atom is -0.484 e. The molecule has 136 valence electrons. The van der Waals surface area contributed by atoms with Crippen LogP contribution in [-0.2, 0) is 14.3 Å². The van der Waals surface area contributed by atoms with Crippen molar-refractivity contribution in [2.75, 3.05) is 13.2 Å². The van der Waals surface area contributed by atoms with Crippen LogP contribution in [0.5, 0.6) is 5.75 Å². The first kappa shape index (κ1) is 19.2. The summed E-state index contributed by atoms with van der Waals surface area (Å²) in [6.45, 7) is 3.52. The van der Waals surface area contributed by atoms with E-state index in [1.54, 1.807) is 13.8 Å². The molecule has 0 radical (unpaired) electrons. The molecule has 0 heterocycles. The zero-order chi connectivity index (χ0) is 18.8. The Kier molecular flexibility index (Phi) is 7.36. The van der Waals surface area contributed by atoms with Gasteiger partial charge in [0.25, 0.3) is 5.91 Å². The number of rotatable bonds is 8. The maximum absolute atomic E-state index is 11.8. The highest BCUT2D eigenvalue weighted by Crippen LogP contribution is 2.21. The zero-order valence-corrected chi connectivity index (χ0v) is 14.9. The number of ether oxygens (including phenoxy) is 2. The average molecular weight is 354 g/mol. The molecule has 0 aliphatic carbocycles. The van der Waals surface area contributed by atoms with Crippen LogP contribution in [0.2, 0.25) is 0 Å². The van der Waals surface area contributed by atoms with E-state index in [1.165, 1.54) is 0 Å². The summed E-state index contributed by atoms with van der Waals surface area (Å²) >= 11 is 0. The lowest BCUT2D eigenvalue weighted by molar-refractivity contribution is -0.141. The number of carbonyl (C=O) groups is 2. The number of nitrogens with zero attached hydrogens (tertiary/aromatic N) is 1. The molecule has 2 aromatic rings. The monoisotopic (exact) mass is 354 g/mol. The summed E-state index contributed by atoms with van der Waals surface area (Å²) in [5.41, 5.74) is 5.00. The molecule has 0 spiro atoms. The molecule has 0 aliphatic heterocycles. The van der Waals surface area contributed by atoms with Gasteiger partial charge in [0, 0.05) is 5.71 Å². The number of esters is 1. The van der Waals surface area contributed by atoms with Crippen molar-refractivity contribution in [2.45, 2.75) is 20.3 Å². The second-order valence-corrected chi connectivity index (χ2v) is 5.54. The van der Waals surface area contributed by atoms with E-state index in [1.807, 2.05) is 54.6 Å². The molecule has 2 aromatic carbocycles. The van der Waals surface area contributed by atoms with E-state index in [-0.39, 0.29) is 19.0 Å². The largest absolute Gasteiger partial charge is 0.484 e. The van der Waals surface area contributed by atoms with Crippen LogP contribution in [0.3, 0.4) is 0 Å². The maximum atomic E-state index is 11.8. The van der Waals surface area contributed by atoms with Crippen molar-refractivity contribution >= 4 is 17.6 Å². The Balaban J connectivity index is 1.79. The van der Waals surface area contributed by atoms with Gasteiger partial charge in [-0.05, 0) is 37.1 Å². The number of hydrogen-bond acceptors (Lipinski definition) is 5. The van der Waals surface area contributed by atoms with Crippen LogP contribution >= 0.6 is 0 Å². The molecule has 1 N–H and O–H groups in total. The quantitative estimate of drug-likeness (QED) is 0.449. The molecule has 0 saturated heterocycles. The molecule has 0 atom stereocenters. The van der Waals surface area contributed by atoms with Gasteiger partial charge in [-0.1, -0.05) is 42.5 Å². The lowest BCUT2D eigenvalue weighted by atomic mass is 10.1. The van der Waals surface area contributed by atoms with Crippen molar-refractivity contribution in [3.05, 3.63) is 54.6 Å². The summed E-state index contributed by atoms with van der Waals surface area (Å²) in [6.07, 6.45) is 0.0376. The molecule has 0 aromatic heterocycles. The number of benzene rings is 2. The van der Waals surface area contributed by atoms with E-state index in [0.29, 0.717) is 18.1 Å². The van der Waals surface area contributed by atoms with Gasteiger partial charge in [-0.15, -0.1) is 0 Å². The predicted molar refractivity (Wildman–Crippen MR) is 99.9 cm³/mol. The van der Waals surface area contributed by atoms with Gasteiger partial charge in [0.05, 0.1) is 13.0 Å². The summed E-state index contributed by atoms with van der Waals surface area (Å²) in [5.74, 6) is -0.190. The van der Waals surface area contributed by atoms with Crippen LogP contribution in [0.4, 0.5) is 0 Å². The molecule has 0 saturated carbocycles. The summed E-state index contributed by atoms with van der Waals surface area (Å²) in [5, 5.41) is 3.85. The van der Waals surface area contributed by atoms with Crippen molar-refractivity contribution in [1.82, 2.24) is 5.43 Å². The summed E-state index contributed by atoms with van der Waals surface area (Å²) in [6, 6.07) is 17.5. The smallest absolute Gasteiger partial charge is 0.311 e. The molecule has 0 unspecified atom stereocenters. The number of carbonyl (C=O) groups excluding carboxylic acids is 2. The topological polar surface area (TPSA) is 77.0 Å². The normalized spacial score (nSPS) is 10.9. The SMILES string of the molecule is CCOC(=O)CC(C)=NNC(=O)COc1ccc(-c2ccccc2)cc1. The Morgan fingerprint density at radius 2 is 1.65 bits per heavy atom. The van der Waals surface area contributed by atoms with Gasteiger partial charge in [0.1, 0.15) is 5.75 Å². The predicted octanol–water partition coefficient (Wildman–Crippen LogP) is 3.18. The third kappa shape index (κ3) is 6.39. The Labute approximate surface area is 152 Å². The van der Waals surface area contributed by atoms with Gasteiger partial charge in [0.2, 0.25) is 0 Å². The zero-order valence-electron chi connectivity index (χ0n) is 14.9. The minimum atomic E-state index is -0.402. The van der Waals surface area contributed by atoms with Crippen LogP contribution in [0.25, 0.3) is 11.1 Å². The maximum Gasteiger partial charge on any atom is 0.311 e. The fraction of sp³-hybridized carbons (Fsp3) is 0.250. The van der Waals surface area contributed by atoms with Crippen LogP contribution in [0.15, 0.2) is 59.7 Å². The van der Waals surface area contributed by atoms with E-state index < -0.39 is 5.91 Å². The summed E-state index contributed by atoms with van der Waals surface area (Å²) in [4.78, 5) is 23.1. The van der Waals surface area contributed by atoms with Crippen LogP contribution < -0.4 is 10.2 Å². The molecule has 26 heavy (non-hydrogen) atoms. The lowest BCUT2D eigenvalue weighted by Gasteiger charge is -2.07. The molecule has 0 aliphatic rings. The Bertz CT molecular complexity index is 755. The number of nitrogens with one attached hydrogen (secondary N) is 1. The number of amides is 1. The van der Waals surface area contributed by atoms with Crippen molar-refractivity contribution in [1.29, 1.82) is 0 Å². The summed E-state index contributed by atoms with van der Waals surface area (Å²) in [7, 11) is 0. The van der Waals surface area contributed by atoms with Gasteiger partial charge in [-0.2, -0.15) is 5.10 Å².